The normalized spacial score (nSPS) is 28.9. The van der Waals surface area contributed by atoms with E-state index in [9.17, 15) is 4.79 Å². The molecule has 0 unspecified atom stereocenters. The predicted octanol–water partition coefficient (Wildman–Crippen LogP) is 2.95. The molecule has 90 valence electrons. The molecule has 0 aliphatic carbocycles. The van der Waals surface area contributed by atoms with Crippen LogP contribution in [0.5, 0.6) is 0 Å². The van der Waals surface area contributed by atoms with Crippen LogP contribution in [0.25, 0.3) is 0 Å². The number of nitrogens with zero attached hydrogens (tertiary/aromatic N) is 1. The van der Waals surface area contributed by atoms with Gasteiger partial charge in [0, 0.05) is 12.6 Å². The molecule has 17 heavy (non-hydrogen) atoms. The number of carbonyl (C=O) groups excluding carboxylic acids is 1. The van der Waals surface area contributed by atoms with Gasteiger partial charge in [0.2, 0.25) is 5.91 Å². The van der Waals surface area contributed by atoms with Crippen LogP contribution in [0.4, 0.5) is 0 Å². The van der Waals surface area contributed by atoms with E-state index in [0.29, 0.717) is 11.9 Å². The van der Waals surface area contributed by atoms with Crippen LogP contribution in [-0.4, -0.2) is 23.4 Å². The zero-order valence-electron chi connectivity index (χ0n) is 10.1. The van der Waals surface area contributed by atoms with Crippen LogP contribution in [0.1, 0.15) is 43.6 Å². The standard InChI is InChI=1S/C15H19NO/c17-15-14(12-8-4-3-5-9-12)13-10-6-1-2-7-11-16(13)15/h3-5,8-9,13-14H,1-2,6-7,10-11H2/t13-,14-/m1/s1. The summed E-state index contributed by atoms with van der Waals surface area (Å²) in [6.07, 6.45) is 6.26. The van der Waals surface area contributed by atoms with Gasteiger partial charge < -0.3 is 4.90 Å². The number of hydrogen-bond acceptors (Lipinski definition) is 1. The molecule has 2 fully saturated rings. The molecule has 1 aromatic rings. The molecule has 0 N–H and O–H groups in total. The number of hydrogen-bond donors (Lipinski definition) is 0. The summed E-state index contributed by atoms with van der Waals surface area (Å²) in [7, 11) is 0. The van der Waals surface area contributed by atoms with Gasteiger partial charge in [-0.25, -0.2) is 0 Å². The number of carbonyl (C=O) groups is 1. The third kappa shape index (κ3) is 1.86. The smallest absolute Gasteiger partial charge is 0.232 e. The summed E-state index contributed by atoms with van der Waals surface area (Å²) in [5.74, 6) is 0.498. The minimum absolute atomic E-state index is 0.147. The van der Waals surface area contributed by atoms with Crippen molar-refractivity contribution in [3.8, 4) is 0 Å². The molecule has 2 nitrogen and oxygen atoms in total. The second-order valence-electron chi connectivity index (χ2n) is 5.19. The van der Waals surface area contributed by atoms with Crippen molar-refractivity contribution in [1.29, 1.82) is 0 Å². The van der Waals surface area contributed by atoms with Crippen LogP contribution in [0, 0.1) is 0 Å². The zero-order valence-corrected chi connectivity index (χ0v) is 10.1. The minimum atomic E-state index is 0.147. The van der Waals surface area contributed by atoms with Crippen LogP contribution in [-0.2, 0) is 4.79 Å². The summed E-state index contributed by atoms with van der Waals surface area (Å²) in [4.78, 5) is 14.3. The maximum absolute atomic E-state index is 12.2. The van der Waals surface area contributed by atoms with Crippen molar-refractivity contribution in [2.45, 2.75) is 44.1 Å². The van der Waals surface area contributed by atoms with E-state index < -0.39 is 0 Å². The Labute approximate surface area is 103 Å². The van der Waals surface area contributed by atoms with Gasteiger partial charge in [0.15, 0.2) is 0 Å². The van der Waals surface area contributed by atoms with E-state index in [4.69, 9.17) is 0 Å². The Morgan fingerprint density at radius 3 is 2.59 bits per heavy atom. The molecular weight excluding hydrogens is 210 g/mol. The highest BCUT2D eigenvalue weighted by atomic mass is 16.2. The van der Waals surface area contributed by atoms with Crippen LogP contribution in [0.15, 0.2) is 30.3 Å². The predicted molar refractivity (Wildman–Crippen MR) is 67.8 cm³/mol. The van der Waals surface area contributed by atoms with Gasteiger partial charge in [-0.05, 0) is 18.4 Å². The van der Waals surface area contributed by atoms with Gasteiger partial charge >= 0.3 is 0 Å². The van der Waals surface area contributed by atoms with Crippen LogP contribution < -0.4 is 0 Å². The Kier molecular flexibility index (Phi) is 2.87. The maximum Gasteiger partial charge on any atom is 0.232 e. The van der Waals surface area contributed by atoms with Gasteiger partial charge in [-0.3, -0.25) is 4.79 Å². The highest BCUT2D eigenvalue weighted by molar-refractivity contribution is 5.91. The largest absolute Gasteiger partial charge is 0.338 e. The molecule has 0 aromatic heterocycles. The molecule has 2 atom stereocenters. The summed E-state index contributed by atoms with van der Waals surface area (Å²) in [6.45, 7) is 0.979. The first-order valence-electron chi connectivity index (χ1n) is 6.73. The van der Waals surface area contributed by atoms with Crippen LogP contribution >= 0.6 is 0 Å². The van der Waals surface area contributed by atoms with Gasteiger partial charge in [-0.15, -0.1) is 0 Å². The number of fused-ring (bicyclic) bond motifs is 1. The highest BCUT2D eigenvalue weighted by Crippen LogP contribution is 2.39. The first-order valence-corrected chi connectivity index (χ1v) is 6.73. The minimum Gasteiger partial charge on any atom is -0.338 e. The second-order valence-corrected chi connectivity index (χ2v) is 5.19. The third-order valence-corrected chi connectivity index (χ3v) is 4.14. The molecule has 0 saturated carbocycles. The summed E-state index contributed by atoms with van der Waals surface area (Å²) >= 11 is 0. The van der Waals surface area contributed by atoms with Crippen molar-refractivity contribution in [3.05, 3.63) is 35.9 Å². The SMILES string of the molecule is O=C1[C@H](c2ccccc2)[C@H]2CCCCCCN12. The summed E-state index contributed by atoms with van der Waals surface area (Å²) in [6, 6.07) is 10.8. The molecule has 2 aliphatic heterocycles. The van der Waals surface area contributed by atoms with Crippen molar-refractivity contribution in [2.75, 3.05) is 6.54 Å². The van der Waals surface area contributed by atoms with Gasteiger partial charge in [0.1, 0.15) is 0 Å². The molecule has 2 heteroatoms. The topological polar surface area (TPSA) is 20.3 Å². The lowest BCUT2D eigenvalue weighted by molar-refractivity contribution is -0.150. The fourth-order valence-corrected chi connectivity index (χ4v) is 3.22. The first-order chi connectivity index (χ1) is 8.38. The van der Waals surface area contributed by atoms with Crippen molar-refractivity contribution >= 4 is 5.91 Å². The lowest BCUT2D eigenvalue weighted by Crippen LogP contribution is -2.59. The number of rotatable bonds is 1. The summed E-state index contributed by atoms with van der Waals surface area (Å²) < 4.78 is 0. The Morgan fingerprint density at radius 2 is 1.76 bits per heavy atom. The average molecular weight is 229 g/mol. The maximum atomic E-state index is 12.2. The van der Waals surface area contributed by atoms with Crippen molar-refractivity contribution in [3.63, 3.8) is 0 Å². The number of amides is 1. The summed E-state index contributed by atoms with van der Waals surface area (Å²) in [5.41, 5.74) is 1.21. The molecule has 2 aliphatic rings. The first kappa shape index (κ1) is 10.8. The molecule has 3 rings (SSSR count). The molecule has 0 radical (unpaired) electrons. The zero-order chi connectivity index (χ0) is 11.7. The van der Waals surface area contributed by atoms with E-state index in [0.717, 1.165) is 6.54 Å². The fourth-order valence-electron chi connectivity index (χ4n) is 3.22. The third-order valence-electron chi connectivity index (χ3n) is 4.14. The molecule has 1 amide bonds. The Bertz CT molecular complexity index is 401. The van der Waals surface area contributed by atoms with Crippen LogP contribution in [0.2, 0.25) is 0 Å². The lowest BCUT2D eigenvalue weighted by atomic mass is 9.78. The Hall–Kier alpha value is -1.31. The van der Waals surface area contributed by atoms with Crippen LogP contribution in [0.3, 0.4) is 0 Å². The Morgan fingerprint density at radius 1 is 1.00 bits per heavy atom. The van der Waals surface area contributed by atoms with Gasteiger partial charge in [0.05, 0.1) is 5.92 Å². The van der Waals surface area contributed by atoms with Gasteiger partial charge in [0.25, 0.3) is 0 Å². The van der Waals surface area contributed by atoms with E-state index >= 15 is 0 Å². The van der Waals surface area contributed by atoms with Crippen molar-refractivity contribution in [1.82, 2.24) is 4.90 Å². The van der Waals surface area contributed by atoms with E-state index in [1.54, 1.807) is 0 Å². The number of benzene rings is 1. The van der Waals surface area contributed by atoms with Crippen molar-refractivity contribution in [2.24, 2.45) is 0 Å². The molecule has 2 heterocycles. The molecule has 2 saturated heterocycles. The number of β-lactam (4-membered cyclic amide) rings is 1. The summed E-state index contributed by atoms with van der Waals surface area (Å²) in [5, 5.41) is 0. The van der Waals surface area contributed by atoms with Crippen molar-refractivity contribution < 1.29 is 4.79 Å². The van der Waals surface area contributed by atoms with Gasteiger partial charge in [-0.1, -0.05) is 49.6 Å². The quantitative estimate of drug-likeness (QED) is 0.678. The van der Waals surface area contributed by atoms with Gasteiger partial charge in [-0.2, -0.15) is 0 Å². The monoisotopic (exact) mass is 229 g/mol. The molecule has 0 bridgehead atoms. The molecule has 1 aromatic carbocycles. The van der Waals surface area contributed by atoms with E-state index in [1.165, 1.54) is 37.7 Å². The highest BCUT2D eigenvalue weighted by Gasteiger charge is 2.47. The molecular formula is C15H19NO. The van der Waals surface area contributed by atoms with E-state index in [2.05, 4.69) is 17.0 Å². The Balaban J connectivity index is 1.80. The van der Waals surface area contributed by atoms with E-state index in [-0.39, 0.29) is 5.92 Å². The van der Waals surface area contributed by atoms with E-state index in [1.807, 2.05) is 18.2 Å². The average Bonchev–Trinajstić information content (AvgIpc) is 2.34. The lowest BCUT2D eigenvalue weighted by Gasteiger charge is -2.48. The second kappa shape index (κ2) is 4.52. The molecule has 0 spiro atoms. The fraction of sp³-hybridized carbons (Fsp3) is 0.533.